The van der Waals surface area contributed by atoms with Crippen molar-refractivity contribution in [1.82, 2.24) is 0 Å². The normalized spacial score (nSPS) is 17.8. The number of aliphatic hydroxyl groups excluding tert-OH is 1. The van der Waals surface area contributed by atoms with E-state index in [1.807, 2.05) is 24.3 Å². The van der Waals surface area contributed by atoms with Crippen LogP contribution in [0.25, 0.3) is 5.76 Å². The molecular weight excluding hydrogens is 482 g/mol. The lowest BCUT2D eigenvalue weighted by Crippen LogP contribution is -2.29. The van der Waals surface area contributed by atoms with E-state index in [0.29, 0.717) is 27.6 Å². The van der Waals surface area contributed by atoms with Crippen molar-refractivity contribution < 1.29 is 19.4 Å². The van der Waals surface area contributed by atoms with Gasteiger partial charge in [-0.2, -0.15) is 0 Å². The van der Waals surface area contributed by atoms with Crippen molar-refractivity contribution in [2.75, 3.05) is 12.0 Å². The number of benzene rings is 3. The predicted molar refractivity (Wildman–Crippen MR) is 123 cm³/mol. The molecule has 1 saturated heterocycles. The van der Waals surface area contributed by atoms with Gasteiger partial charge in [0, 0.05) is 20.7 Å². The fourth-order valence-corrected chi connectivity index (χ4v) is 3.96. The minimum atomic E-state index is -0.794. The molecule has 1 heterocycles. The number of rotatable bonds is 4. The Labute approximate surface area is 192 Å². The van der Waals surface area contributed by atoms with Gasteiger partial charge in [-0.3, -0.25) is 14.5 Å². The van der Waals surface area contributed by atoms with E-state index in [0.717, 1.165) is 4.47 Å². The number of Topliss-reactive ketones (excluding diaryl/α,β-unsaturated/α-hetero) is 1. The van der Waals surface area contributed by atoms with Crippen LogP contribution in [-0.2, 0) is 9.59 Å². The van der Waals surface area contributed by atoms with Crippen LogP contribution in [0.15, 0.2) is 82.8 Å². The van der Waals surface area contributed by atoms with Gasteiger partial charge in [0.05, 0.1) is 18.7 Å². The Balaban J connectivity index is 1.91. The van der Waals surface area contributed by atoms with Gasteiger partial charge in [-0.25, -0.2) is 0 Å². The molecule has 0 radical (unpaired) electrons. The molecule has 1 atom stereocenters. The van der Waals surface area contributed by atoms with Gasteiger partial charge in [0.15, 0.2) is 0 Å². The van der Waals surface area contributed by atoms with Crippen LogP contribution in [0.4, 0.5) is 5.69 Å². The van der Waals surface area contributed by atoms with Crippen molar-refractivity contribution in [1.29, 1.82) is 0 Å². The van der Waals surface area contributed by atoms with Crippen LogP contribution in [0.1, 0.15) is 17.2 Å². The smallest absolute Gasteiger partial charge is 0.300 e. The standard InChI is InChI=1S/C24H17BrClNO4/c1-31-19-12-10-18(11-13-19)27-21(14-2-6-16(25)7-3-14)20(23(29)24(27)30)22(28)15-4-8-17(26)9-5-15/h2-13,21,28H,1H3/b22-20-. The lowest BCUT2D eigenvalue weighted by Gasteiger charge is -2.25. The minimum Gasteiger partial charge on any atom is -0.507 e. The van der Waals surface area contributed by atoms with E-state index in [-0.39, 0.29) is 11.3 Å². The zero-order chi connectivity index (χ0) is 22.1. The molecular formula is C24H17BrClNO4. The summed E-state index contributed by atoms with van der Waals surface area (Å²) in [5.74, 6) is -1.09. The van der Waals surface area contributed by atoms with Crippen LogP contribution in [-0.4, -0.2) is 23.9 Å². The lowest BCUT2D eigenvalue weighted by molar-refractivity contribution is -0.132. The topological polar surface area (TPSA) is 66.8 Å². The van der Waals surface area contributed by atoms with E-state index in [4.69, 9.17) is 16.3 Å². The molecule has 0 saturated carbocycles. The molecule has 1 aliphatic rings. The second kappa shape index (κ2) is 8.57. The van der Waals surface area contributed by atoms with Gasteiger partial charge in [-0.05, 0) is 66.2 Å². The summed E-state index contributed by atoms with van der Waals surface area (Å²) >= 11 is 9.36. The molecule has 5 nitrogen and oxygen atoms in total. The molecule has 1 unspecified atom stereocenters. The van der Waals surface area contributed by atoms with Crippen molar-refractivity contribution >= 4 is 50.7 Å². The van der Waals surface area contributed by atoms with E-state index >= 15 is 0 Å². The summed E-state index contributed by atoms with van der Waals surface area (Å²) in [5.41, 5.74) is 1.63. The number of nitrogens with zero attached hydrogens (tertiary/aromatic N) is 1. The van der Waals surface area contributed by atoms with Crippen molar-refractivity contribution in [3.63, 3.8) is 0 Å². The number of halogens is 2. The molecule has 0 spiro atoms. The summed E-state index contributed by atoms with van der Waals surface area (Å²) in [7, 11) is 1.55. The second-order valence-electron chi connectivity index (χ2n) is 6.93. The lowest BCUT2D eigenvalue weighted by atomic mass is 9.95. The average molecular weight is 499 g/mol. The Morgan fingerprint density at radius 2 is 1.58 bits per heavy atom. The highest BCUT2D eigenvalue weighted by Crippen LogP contribution is 2.42. The molecule has 156 valence electrons. The summed E-state index contributed by atoms with van der Waals surface area (Å²) in [6.07, 6.45) is 0. The highest BCUT2D eigenvalue weighted by atomic mass is 79.9. The number of carbonyl (C=O) groups is 2. The predicted octanol–water partition coefficient (Wildman–Crippen LogP) is 5.74. The Kier molecular flexibility index (Phi) is 5.85. The minimum absolute atomic E-state index is 0.0189. The van der Waals surface area contributed by atoms with Crippen LogP contribution in [0.3, 0.4) is 0 Å². The number of ether oxygens (including phenoxy) is 1. The van der Waals surface area contributed by atoms with Crippen molar-refractivity contribution in [3.05, 3.63) is 99.0 Å². The van der Waals surface area contributed by atoms with Crippen molar-refractivity contribution in [2.24, 2.45) is 0 Å². The van der Waals surface area contributed by atoms with Crippen LogP contribution >= 0.6 is 27.5 Å². The molecule has 1 aliphatic heterocycles. The number of ketones is 1. The van der Waals surface area contributed by atoms with Gasteiger partial charge < -0.3 is 9.84 Å². The molecule has 31 heavy (non-hydrogen) atoms. The summed E-state index contributed by atoms with van der Waals surface area (Å²) in [5, 5.41) is 11.5. The average Bonchev–Trinajstić information content (AvgIpc) is 3.05. The molecule has 1 N–H and O–H groups in total. The first-order chi connectivity index (χ1) is 14.9. The van der Waals surface area contributed by atoms with Crippen LogP contribution in [0.5, 0.6) is 5.75 Å². The summed E-state index contributed by atoms with van der Waals surface area (Å²) in [6, 6.07) is 19.8. The molecule has 0 aromatic heterocycles. The Hall–Kier alpha value is -3.09. The maximum Gasteiger partial charge on any atom is 0.300 e. The SMILES string of the molecule is COc1ccc(N2C(=O)C(=O)/C(=C(\O)c3ccc(Cl)cc3)C2c2ccc(Br)cc2)cc1. The fourth-order valence-electron chi connectivity index (χ4n) is 3.57. The van der Waals surface area contributed by atoms with E-state index in [2.05, 4.69) is 15.9 Å². The number of hydrogen-bond acceptors (Lipinski definition) is 4. The van der Waals surface area contributed by atoms with Crippen LogP contribution in [0, 0.1) is 0 Å². The molecule has 7 heteroatoms. The number of aliphatic hydroxyl groups is 1. The Bertz CT molecular complexity index is 1170. The molecule has 3 aromatic carbocycles. The van der Waals surface area contributed by atoms with Gasteiger partial charge >= 0.3 is 0 Å². The van der Waals surface area contributed by atoms with Crippen molar-refractivity contribution in [2.45, 2.75) is 6.04 Å². The number of hydrogen-bond donors (Lipinski definition) is 1. The molecule has 3 aromatic rings. The third-order valence-corrected chi connectivity index (χ3v) is 5.88. The largest absolute Gasteiger partial charge is 0.507 e. The number of methoxy groups -OCH3 is 1. The van der Waals surface area contributed by atoms with Crippen LogP contribution in [0.2, 0.25) is 5.02 Å². The molecule has 0 bridgehead atoms. The highest BCUT2D eigenvalue weighted by Gasteiger charge is 2.46. The van der Waals surface area contributed by atoms with Gasteiger partial charge in [0.2, 0.25) is 0 Å². The molecule has 4 rings (SSSR count). The molecule has 0 aliphatic carbocycles. The fraction of sp³-hybridized carbons (Fsp3) is 0.0833. The summed E-state index contributed by atoms with van der Waals surface area (Å²) in [6.45, 7) is 0. The van der Waals surface area contributed by atoms with Gasteiger partial charge in [-0.15, -0.1) is 0 Å². The maximum absolute atomic E-state index is 13.1. The van der Waals surface area contributed by atoms with Crippen LogP contribution < -0.4 is 9.64 Å². The first-order valence-corrected chi connectivity index (χ1v) is 10.5. The first kappa shape index (κ1) is 21.2. The second-order valence-corrected chi connectivity index (χ2v) is 8.28. The van der Waals surface area contributed by atoms with Crippen molar-refractivity contribution in [3.8, 4) is 5.75 Å². The zero-order valence-corrected chi connectivity index (χ0v) is 18.7. The number of amides is 1. The highest BCUT2D eigenvalue weighted by molar-refractivity contribution is 9.10. The van der Waals surface area contributed by atoms with Gasteiger partial charge in [0.1, 0.15) is 11.5 Å². The van der Waals surface area contributed by atoms with E-state index in [1.54, 1.807) is 55.6 Å². The Morgan fingerprint density at radius 1 is 0.968 bits per heavy atom. The number of carbonyl (C=O) groups excluding carboxylic acids is 2. The monoisotopic (exact) mass is 497 g/mol. The van der Waals surface area contributed by atoms with Gasteiger partial charge in [0.25, 0.3) is 11.7 Å². The molecule has 1 amide bonds. The van der Waals surface area contributed by atoms with E-state index < -0.39 is 17.7 Å². The first-order valence-electron chi connectivity index (χ1n) is 9.37. The quantitative estimate of drug-likeness (QED) is 0.283. The maximum atomic E-state index is 13.1. The van der Waals surface area contributed by atoms with Gasteiger partial charge in [-0.1, -0.05) is 39.7 Å². The van der Waals surface area contributed by atoms with E-state index in [9.17, 15) is 14.7 Å². The number of anilines is 1. The Morgan fingerprint density at radius 3 is 2.16 bits per heavy atom. The molecule has 1 fully saturated rings. The third kappa shape index (κ3) is 3.96. The van der Waals surface area contributed by atoms with E-state index in [1.165, 1.54) is 4.90 Å². The summed E-state index contributed by atoms with van der Waals surface area (Å²) in [4.78, 5) is 27.6. The summed E-state index contributed by atoms with van der Waals surface area (Å²) < 4.78 is 6.05. The third-order valence-electron chi connectivity index (χ3n) is 5.10. The zero-order valence-electron chi connectivity index (χ0n) is 16.4.